The zero-order valence-corrected chi connectivity index (χ0v) is 16.8. The number of carbonyl (C=O) groups is 2. The molecule has 0 bridgehead atoms. The van der Waals surface area contributed by atoms with Gasteiger partial charge in [-0.2, -0.15) is 0 Å². The number of ether oxygens (including phenoxy) is 2. The van der Waals surface area contributed by atoms with Gasteiger partial charge in [-0.1, -0.05) is 30.3 Å². The van der Waals surface area contributed by atoms with Crippen molar-refractivity contribution in [2.45, 2.75) is 11.4 Å². The molecule has 0 saturated carbocycles. The van der Waals surface area contributed by atoms with Crippen molar-refractivity contribution >= 4 is 23.6 Å². The van der Waals surface area contributed by atoms with Crippen molar-refractivity contribution in [2.24, 2.45) is 0 Å². The van der Waals surface area contributed by atoms with Crippen molar-refractivity contribution in [2.75, 3.05) is 33.1 Å². The third-order valence-electron chi connectivity index (χ3n) is 4.56. The molecule has 1 heterocycles. The maximum Gasteiger partial charge on any atom is 0.255 e. The van der Waals surface area contributed by atoms with Gasteiger partial charge in [0, 0.05) is 25.0 Å². The highest BCUT2D eigenvalue weighted by molar-refractivity contribution is 7.99. The summed E-state index contributed by atoms with van der Waals surface area (Å²) in [6.45, 7) is 0.844. The van der Waals surface area contributed by atoms with Gasteiger partial charge in [-0.25, -0.2) is 0 Å². The van der Waals surface area contributed by atoms with Crippen LogP contribution >= 0.6 is 11.8 Å². The Kier molecular flexibility index (Phi) is 6.95. The normalized spacial score (nSPS) is 18.7. The molecular weight excluding hydrogens is 376 g/mol. The van der Waals surface area contributed by atoms with Crippen LogP contribution in [0.25, 0.3) is 0 Å². The maximum atomic E-state index is 13.3. The lowest BCUT2D eigenvalue weighted by Crippen LogP contribution is -2.48. The van der Waals surface area contributed by atoms with E-state index in [4.69, 9.17) is 9.47 Å². The molecule has 148 valence electrons. The summed E-state index contributed by atoms with van der Waals surface area (Å²) in [5.74, 6) is 0.888. The minimum absolute atomic E-state index is 0.162. The molecule has 2 aromatic carbocycles. The van der Waals surface area contributed by atoms with Gasteiger partial charge >= 0.3 is 0 Å². The van der Waals surface area contributed by atoms with E-state index in [9.17, 15) is 9.59 Å². The van der Waals surface area contributed by atoms with E-state index in [0.717, 1.165) is 5.56 Å². The molecule has 0 unspecified atom stereocenters. The average Bonchev–Trinajstić information content (AvgIpc) is 3.19. The second kappa shape index (κ2) is 9.61. The van der Waals surface area contributed by atoms with Crippen LogP contribution in [-0.2, 0) is 9.53 Å². The third kappa shape index (κ3) is 4.48. The molecule has 2 atom stereocenters. The largest absolute Gasteiger partial charge is 0.497 e. The number of methoxy groups -OCH3 is 2. The summed E-state index contributed by atoms with van der Waals surface area (Å²) in [6, 6.07) is 16.2. The molecule has 1 saturated heterocycles. The molecule has 0 spiro atoms. The predicted octanol–water partition coefficient (Wildman–Crippen LogP) is 2.71. The van der Waals surface area contributed by atoms with Crippen molar-refractivity contribution in [3.63, 3.8) is 0 Å². The lowest BCUT2D eigenvalue weighted by Gasteiger charge is -2.29. The molecular formula is C21H24N2O4S. The number of nitrogens with one attached hydrogen (secondary N) is 1. The molecule has 1 N–H and O–H groups in total. The molecule has 1 aliphatic heterocycles. The number of nitrogens with zero attached hydrogens (tertiary/aromatic N) is 1. The van der Waals surface area contributed by atoms with E-state index in [2.05, 4.69) is 5.32 Å². The summed E-state index contributed by atoms with van der Waals surface area (Å²) in [4.78, 5) is 27.8. The number of hydrogen-bond donors (Lipinski definition) is 1. The fourth-order valence-corrected chi connectivity index (χ4v) is 4.54. The van der Waals surface area contributed by atoms with Crippen LogP contribution in [-0.4, -0.2) is 55.9 Å². The van der Waals surface area contributed by atoms with Crippen molar-refractivity contribution < 1.29 is 19.1 Å². The summed E-state index contributed by atoms with van der Waals surface area (Å²) >= 11 is 1.60. The predicted molar refractivity (Wildman–Crippen MR) is 109 cm³/mol. The molecule has 0 radical (unpaired) electrons. The van der Waals surface area contributed by atoms with E-state index in [1.54, 1.807) is 55.1 Å². The zero-order valence-electron chi connectivity index (χ0n) is 16.0. The molecule has 1 aliphatic rings. The molecule has 2 amide bonds. The summed E-state index contributed by atoms with van der Waals surface area (Å²) in [6.07, 6.45) is 0. The summed E-state index contributed by atoms with van der Waals surface area (Å²) in [5, 5.41) is 2.65. The van der Waals surface area contributed by atoms with Gasteiger partial charge in [-0.05, 0) is 29.8 Å². The zero-order chi connectivity index (χ0) is 19.9. The number of carbonyl (C=O) groups excluding carboxylic acids is 2. The van der Waals surface area contributed by atoms with E-state index in [1.807, 2.05) is 30.3 Å². The quantitative estimate of drug-likeness (QED) is 0.724. The monoisotopic (exact) mass is 400 g/mol. The van der Waals surface area contributed by atoms with Crippen molar-refractivity contribution in [3.8, 4) is 5.75 Å². The Balaban J connectivity index is 1.87. The van der Waals surface area contributed by atoms with Crippen molar-refractivity contribution in [3.05, 3.63) is 65.7 Å². The fourth-order valence-electron chi connectivity index (χ4n) is 3.11. The third-order valence-corrected chi connectivity index (χ3v) is 5.89. The van der Waals surface area contributed by atoms with Gasteiger partial charge in [0.15, 0.2) is 0 Å². The summed E-state index contributed by atoms with van der Waals surface area (Å²) in [7, 11) is 3.17. The smallest absolute Gasteiger partial charge is 0.255 e. The second-order valence-electron chi connectivity index (χ2n) is 6.34. The average molecular weight is 401 g/mol. The highest BCUT2D eigenvalue weighted by atomic mass is 32.2. The Hall–Kier alpha value is -2.51. The Labute approximate surface area is 169 Å². The topological polar surface area (TPSA) is 67.9 Å². The minimum Gasteiger partial charge on any atom is -0.497 e. The Bertz CT molecular complexity index is 798. The lowest BCUT2D eigenvalue weighted by molar-refractivity contribution is -0.125. The molecule has 2 aromatic rings. The number of rotatable bonds is 7. The first-order valence-electron chi connectivity index (χ1n) is 9.05. The van der Waals surface area contributed by atoms with Crippen LogP contribution in [0.4, 0.5) is 0 Å². The lowest BCUT2D eigenvalue weighted by atomic mass is 10.1. The van der Waals surface area contributed by atoms with E-state index < -0.39 is 6.04 Å². The van der Waals surface area contributed by atoms with Gasteiger partial charge < -0.3 is 19.7 Å². The van der Waals surface area contributed by atoms with Crippen LogP contribution in [0.5, 0.6) is 5.75 Å². The number of thioether (sulfide) groups is 1. The molecule has 1 fully saturated rings. The minimum atomic E-state index is -0.540. The molecule has 3 rings (SSSR count). The van der Waals surface area contributed by atoms with E-state index in [-0.39, 0.29) is 17.2 Å². The van der Waals surface area contributed by atoms with Crippen LogP contribution in [0.15, 0.2) is 54.6 Å². The van der Waals surface area contributed by atoms with Crippen LogP contribution < -0.4 is 10.1 Å². The van der Waals surface area contributed by atoms with Gasteiger partial charge in [0.1, 0.15) is 17.2 Å². The van der Waals surface area contributed by atoms with Crippen LogP contribution in [0, 0.1) is 0 Å². The Morgan fingerprint density at radius 1 is 1.11 bits per heavy atom. The maximum absolute atomic E-state index is 13.3. The SMILES string of the molecule is COCCNC(=O)[C@@H]1CS[C@H](c2ccccc2)N1C(=O)c1ccc(OC)cc1. The Morgan fingerprint density at radius 3 is 2.46 bits per heavy atom. The van der Waals surface area contributed by atoms with Crippen molar-refractivity contribution in [1.29, 1.82) is 0 Å². The van der Waals surface area contributed by atoms with Crippen molar-refractivity contribution in [1.82, 2.24) is 10.2 Å². The van der Waals surface area contributed by atoms with Crippen LogP contribution in [0.3, 0.4) is 0 Å². The van der Waals surface area contributed by atoms with Gasteiger partial charge in [0.25, 0.3) is 5.91 Å². The second-order valence-corrected chi connectivity index (χ2v) is 7.45. The molecule has 7 heteroatoms. The highest BCUT2D eigenvalue weighted by Crippen LogP contribution is 2.42. The van der Waals surface area contributed by atoms with E-state index in [1.165, 1.54) is 0 Å². The van der Waals surface area contributed by atoms with Gasteiger partial charge in [0.05, 0.1) is 13.7 Å². The standard InChI is InChI=1S/C21H24N2O4S/c1-26-13-12-22-19(24)18-14-28-21(16-6-4-3-5-7-16)23(18)20(25)15-8-10-17(27-2)11-9-15/h3-11,18,21H,12-14H2,1-2H3,(H,22,24)/t18-,21+/m0/s1. The Morgan fingerprint density at radius 2 is 1.82 bits per heavy atom. The molecule has 28 heavy (non-hydrogen) atoms. The number of amides is 2. The molecule has 6 nitrogen and oxygen atoms in total. The number of benzene rings is 2. The summed E-state index contributed by atoms with van der Waals surface area (Å²) < 4.78 is 10.2. The highest BCUT2D eigenvalue weighted by Gasteiger charge is 2.42. The van der Waals surface area contributed by atoms with Gasteiger partial charge in [-0.3, -0.25) is 9.59 Å². The molecule has 0 aromatic heterocycles. The molecule has 0 aliphatic carbocycles. The van der Waals surface area contributed by atoms with E-state index in [0.29, 0.717) is 30.2 Å². The van der Waals surface area contributed by atoms with Gasteiger partial charge in [-0.15, -0.1) is 11.8 Å². The first-order valence-corrected chi connectivity index (χ1v) is 10.1. The van der Waals surface area contributed by atoms with Gasteiger partial charge in [0.2, 0.25) is 5.91 Å². The first-order chi connectivity index (χ1) is 13.7. The van der Waals surface area contributed by atoms with Crippen LogP contribution in [0.2, 0.25) is 0 Å². The van der Waals surface area contributed by atoms with Crippen LogP contribution in [0.1, 0.15) is 21.3 Å². The fraction of sp³-hybridized carbons (Fsp3) is 0.333. The van der Waals surface area contributed by atoms with E-state index >= 15 is 0 Å². The first kappa shape index (κ1) is 20.2. The number of hydrogen-bond acceptors (Lipinski definition) is 5. The summed E-state index contributed by atoms with van der Waals surface area (Å²) in [5.41, 5.74) is 1.53.